The molecule has 2 aromatic carbocycles. The maximum atomic E-state index is 13.9. The van der Waals surface area contributed by atoms with E-state index >= 15 is 0 Å². The Morgan fingerprint density at radius 3 is 2.52 bits per heavy atom. The molecule has 0 N–H and O–H groups in total. The van der Waals surface area contributed by atoms with Gasteiger partial charge in [0.1, 0.15) is 11.6 Å². The van der Waals surface area contributed by atoms with Gasteiger partial charge < -0.3 is 0 Å². The zero-order valence-electron chi connectivity index (χ0n) is 12.0. The Bertz CT molecular complexity index is 697. The van der Waals surface area contributed by atoms with Crippen LogP contribution in [0.2, 0.25) is 0 Å². The molecular weight excluding hydrogens is 270 g/mol. The average Bonchev–Trinajstić information content (AvgIpc) is 2.79. The third kappa shape index (κ3) is 2.31. The van der Waals surface area contributed by atoms with Gasteiger partial charge in [0, 0.05) is 19.0 Å². The zero-order chi connectivity index (χ0) is 15.0. The molecule has 21 heavy (non-hydrogen) atoms. The number of nitrogens with zero attached hydrogens (tertiary/aromatic N) is 2. The number of rotatable bonds is 2. The van der Waals surface area contributed by atoms with Crippen LogP contribution >= 0.6 is 0 Å². The quantitative estimate of drug-likeness (QED) is 0.817. The normalized spacial score (nSPS) is 21.5. The van der Waals surface area contributed by atoms with E-state index in [9.17, 15) is 8.78 Å². The zero-order valence-corrected chi connectivity index (χ0v) is 12.0. The highest BCUT2D eigenvalue weighted by molar-refractivity contribution is 6.02. The van der Waals surface area contributed by atoms with Crippen LogP contribution in [0.3, 0.4) is 0 Å². The van der Waals surface area contributed by atoms with Gasteiger partial charge in [0.2, 0.25) is 0 Å². The summed E-state index contributed by atoms with van der Waals surface area (Å²) in [6.07, 6.45) is 0.536. The SMILES string of the molecule is CN1N=C(c2cc(F)ccc2F)CC1(C)c1ccccc1. The minimum atomic E-state index is -0.454. The van der Waals surface area contributed by atoms with Crippen LogP contribution in [0.1, 0.15) is 24.5 Å². The van der Waals surface area contributed by atoms with Crippen LogP contribution in [0.25, 0.3) is 0 Å². The second-order valence-electron chi connectivity index (χ2n) is 5.51. The first kappa shape index (κ1) is 13.7. The molecule has 0 fully saturated rings. The molecule has 0 saturated heterocycles. The van der Waals surface area contributed by atoms with Crippen LogP contribution in [-0.4, -0.2) is 17.8 Å². The van der Waals surface area contributed by atoms with Gasteiger partial charge >= 0.3 is 0 Å². The summed E-state index contributed by atoms with van der Waals surface area (Å²) in [5.41, 5.74) is 1.56. The molecule has 0 saturated carbocycles. The topological polar surface area (TPSA) is 15.6 Å². The molecule has 1 aliphatic rings. The van der Waals surface area contributed by atoms with Gasteiger partial charge in [-0.05, 0) is 30.7 Å². The molecule has 0 aliphatic carbocycles. The van der Waals surface area contributed by atoms with Crippen LogP contribution in [-0.2, 0) is 5.54 Å². The van der Waals surface area contributed by atoms with Crippen molar-refractivity contribution < 1.29 is 8.78 Å². The van der Waals surface area contributed by atoms with Crippen molar-refractivity contribution in [2.45, 2.75) is 18.9 Å². The van der Waals surface area contributed by atoms with Crippen molar-refractivity contribution in [1.29, 1.82) is 0 Å². The smallest absolute Gasteiger partial charge is 0.132 e. The fraction of sp³-hybridized carbons (Fsp3) is 0.235. The Morgan fingerprint density at radius 2 is 1.81 bits per heavy atom. The molecule has 108 valence electrons. The molecule has 0 bridgehead atoms. The molecule has 3 rings (SSSR count). The highest BCUT2D eigenvalue weighted by Crippen LogP contribution is 2.37. The van der Waals surface area contributed by atoms with E-state index in [4.69, 9.17) is 0 Å². The Kier molecular flexibility index (Phi) is 3.24. The van der Waals surface area contributed by atoms with Gasteiger partial charge in [0.15, 0.2) is 0 Å². The summed E-state index contributed by atoms with van der Waals surface area (Å²) >= 11 is 0. The third-order valence-electron chi connectivity index (χ3n) is 4.13. The summed E-state index contributed by atoms with van der Waals surface area (Å²) in [6, 6.07) is 13.4. The lowest BCUT2D eigenvalue weighted by Gasteiger charge is -2.32. The first-order chi connectivity index (χ1) is 10.0. The Labute approximate surface area is 122 Å². The summed E-state index contributed by atoms with van der Waals surface area (Å²) in [5.74, 6) is -0.897. The van der Waals surface area contributed by atoms with E-state index in [-0.39, 0.29) is 11.1 Å². The van der Waals surface area contributed by atoms with Crippen molar-refractivity contribution in [3.63, 3.8) is 0 Å². The van der Waals surface area contributed by atoms with E-state index in [1.165, 1.54) is 6.07 Å². The summed E-state index contributed by atoms with van der Waals surface area (Å²) in [7, 11) is 1.86. The van der Waals surface area contributed by atoms with E-state index in [1.54, 1.807) is 0 Å². The minimum absolute atomic E-state index is 0.238. The summed E-state index contributed by atoms with van der Waals surface area (Å²) in [4.78, 5) is 0. The first-order valence-electron chi connectivity index (χ1n) is 6.83. The van der Waals surface area contributed by atoms with E-state index in [2.05, 4.69) is 12.0 Å². The molecule has 2 nitrogen and oxygen atoms in total. The largest absolute Gasteiger partial charge is 0.289 e. The molecule has 1 heterocycles. The number of hydrazone groups is 1. The maximum absolute atomic E-state index is 13.9. The van der Waals surface area contributed by atoms with Crippen molar-refractivity contribution >= 4 is 5.71 Å². The van der Waals surface area contributed by atoms with Gasteiger partial charge in [-0.2, -0.15) is 5.10 Å². The molecule has 1 unspecified atom stereocenters. The summed E-state index contributed by atoms with van der Waals surface area (Å²) in [5, 5.41) is 6.25. The van der Waals surface area contributed by atoms with Crippen LogP contribution in [0.15, 0.2) is 53.6 Å². The number of halogens is 2. The fourth-order valence-electron chi connectivity index (χ4n) is 2.72. The number of benzene rings is 2. The second kappa shape index (κ2) is 4.95. The van der Waals surface area contributed by atoms with E-state index in [0.29, 0.717) is 12.1 Å². The van der Waals surface area contributed by atoms with Crippen LogP contribution < -0.4 is 0 Å². The Balaban J connectivity index is 1.99. The van der Waals surface area contributed by atoms with E-state index in [0.717, 1.165) is 17.7 Å². The minimum Gasteiger partial charge on any atom is -0.289 e. The number of hydrogen-bond acceptors (Lipinski definition) is 2. The fourth-order valence-corrected chi connectivity index (χ4v) is 2.72. The van der Waals surface area contributed by atoms with Crippen LogP contribution in [0, 0.1) is 11.6 Å². The predicted octanol–water partition coefficient (Wildman–Crippen LogP) is 3.92. The summed E-state index contributed by atoms with van der Waals surface area (Å²) in [6.45, 7) is 2.05. The average molecular weight is 286 g/mol. The molecular formula is C17H16F2N2. The van der Waals surface area contributed by atoms with Crippen molar-refractivity contribution in [2.24, 2.45) is 5.10 Å². The highest BCUT2D eigenvalue weighted by atomic mass is 19.1. The lowest BCUT2D eigenvalue weighted by atomic mass is 9.86. The van der Waals surface area contributed by atoms with Gasteiger partial charge in [-0.3, -0.25) is 5.01 Å². The number of hydrogen-bond donors (Lipinski definition) is 0. The van der Waals surface area contributed by atoms with Gasteiger partial charge in [0.25, 0.3) is 0 Å². The summed E-state index contributed by atoms with van der Waals surface area (Å²) < 4.78 is 27.3. The van der Waals surface area contributed by atoms with Gasteiger partial charge in [-0.1, -0.05) is 30.3 Å². The third-order valence-corrected chi connectivity index (χ3v) is 4.13. The molecule has 4 heteroatoms. The molecule has 1 atom stereocenters. The molecule has 0 amide bonds. The van der Waals surface area contributed by atoms with Gasteiger partial charge in [-0.25, -0.2) is 8.78 Å². The van der Waals surface area contributed by atoms with Crippen LogP contribution in [0.4, 0.5) is 8.78 Å². The van der Waals surface area contributed by atoms with Crippen molar-refractivity contribution in [2.75, 3.05) is 7.05 Å². The van der Waals surface area contributed by atoms with Gasteiger partial charge in [-0.15, -0.1) is 0 Å². The highest BCUT2D eigenvalue weighted by Gasteiger charge is 2.38. The van der Waals surface area contributed by atoms with Gasteiger partial charge in [0.05, 0.1) is 11.3 Å². The standard InChI is InChI=1S/C17H16F2N2/c1-17(12-6-4-3-5-7-12)11-16(20-21(17)2)14-10-13(18)8-9-15(14)19/h3-10H,11H2,1-2H3. The molecule has 0 radical (unpaired) electrons. The molecule has 0 spiro atoms. The maximum Gasteiger partial charge on any atom is 0.132 e. The van der Waals surface area contributed by atoms with Crippen LogP contribution in [0.5, 0.6) is 0 Å². The van der Waals surface area contributed by atoms with E-state index < -0.39 is 11.6 Å². The monoisotopic (exact) mass is 286 g/mol. The predicted molar refractivity (Wildman–Crippen MR) is 79.1 cm³/mol. The van der Waals surface area contributed by atoms with E-state index in [1.807, 2.05) is 42.4 Å². The molecule has 2 aromatic rings. The Morgan fingerprint density at radius 1 is 1.10 bits per heavy atom. The van der Waals surface area contributed by atoms with Crippen molar-refractivity contribution in [1.82, 2.24) is 5.01 Å². The van der Waals surface area contributed by atoms with Crippen molar-refractivity contribution in [3.8, 4) is 0 Å². The Hall–Kier alpha value is -2.23. The first-order valence-corrected chi connectivity index (χ1v) is 6.83. The second-order valence-corrected chi connectivity index (χ2v) is 5.51. The lowest BCUT2D eigenvalue weighted by Crippen LogP contribution is -2.34. The van der Waals surface area contributed by atoms with Crippen molar-refractivity contribution in [3.05, 3.63) is 71.3 Å². The molecule has 0 aromatic heterocycles. The lowest BCUT2D eigenvalue weighted by molar-refractivity contribution is 0.174. The molecule has 1 aliphatic heterocycles.